The summed E-state index contributed by atoms with van der Waals surface area (Å²) < 4.78 is 0. The van der Waals surface area contributed by atoms with Gasteiger partial charge in [0.25, 0.3) is 0 Å². The molecule has 23 heavy (non-hydrogen) atoms. The number of nitrogens with one attached hydrogen (secondary N) is 1. The van der Waals surface area contributed by atoms with E-state index in [0.29, 0.717) is 12.3 Å². The number of carbonyl (C=O) groups is 1. The van der Waals surface area contributed by atoms with Crippen molar-refractivity contribution in [3.05, 3.63) is 57.8 Å². The molecule has 0 spiro atoms. The minimum Gasteiger partial charge on any atom is -0.353 e. The highest BCUT2D eigenvalue weighted by molar-refractivity contribution is 7.99. The van der Waals surface area contributed by atoms with E-state index in [1.54, 1.807) is 23.1 Å². The fraction of sp³-hybridized carbons (Fsp3) is 0.389. The summed E-state index contributed by atoms with van der Waals surface area (Å²) >= 11 is 3.38. The minimum atomic E-state index is 0.102. The van der Waals surface area contributed by atoms with Crippen molar-refractivity contribution in [3.8, 4) is 0 Å². The fourth-order valence-electron chi connectivity index (χ4n) is 2.23. The van der Waals surface area contributed by atoms with E-state index < -0.39 is 0 Å². The second-order valence-corrected chi connectivity index (χ2v) is 7.74. The molecule has 0 radical (unpaired) electrons. The van der Waals surface area contributed by atoms with Crippen molar-refractivity contribution in [2.75, 3.05) is 26.4 Å². The summed E-state index contributed by atoms with van der Waals surface area (Å²) in [5.74, 6) is 1.47. The van der Waals surface area contributed by atoms with Gasteiger partial charge in [0.2, 0.25) is 5.91 Å². The highest BCUT2D eigenvalue weighted by atomic mass is 32.2. The van der Waals surface area contributed by atoms with Crippen molar-refractivity contribution in [3.63, 3.8) is 0 Å². The molecule has 2 rings (SSSR count). The number of aryl methyl sites for hydroxylation is 1. The summed E-state index contributed by atoms with van der Waals surface area (Å²) in [6, 6.07) is 12.9. The first-order chi connectivity index (χ1) is 11.1. The number of hydrogen-bond donors (Lipinski definition) is 1. The number of rotatable bonds is 8. The van der Waals surface area contributed by atoms with Gasteiger partial charge >= 0.3 is 0 Å². The standard InChI is InChI=1S/C18H24N2OS2/c1-14-6-8-15(9-7-14)12-22-13-18(21)19-11-16(20(2)3)17-5-4-10-23-17/h4-10,16H,11-13H2,1-3H3,(H,19,21). The van der Waals surface area contributed by atoms with Crippen molar-refractivity contribution in [2.24, 2.45) is 0 Å². The summed E-state index contributed by atoms with van der Waals surface area (Å²) in [4.78, 5) is 15.5. The number of thiophene rings is 1. The molecule has 124 valence electrons. The third-order valence-electron chi connectivity index (χ3n) is 3.61. The molecule has 0 bridgehead atoms. The maximum Gasteiger partial charge on any atom is 0.230 e. The third-order valence-corrected chi connectivity index (χ3v) is 5.59. The first-order valence-electron chi connectivity index (χ1n) is 7.66. The summed E-state index contributed by atoms with van der Waals surface area (Å²) in [7, 11) is 4.09. The van der Waals surface area contributed by atoms with Gasteiger partial charge in [-0.15, -0.1) is 23.1 Å². The van der Waals surface area contributed by atoms with Crippen LogP contribution in [0.3, 0.4) is 0 Å². The van der Waals surface area contributed by atoms with E-state index in [1.807, 2.05) is 14.1 Å². The molecule has 5 heteroatoms. The van der Waals surface area contributed by atoms with Crippen LogP contribution in [0.2, 0.25) is 0 Å². The average Bonchev–Trinajstić information content (AvgIpc) is 3.03. The molecule has 3 nitrogen and oxygen atoms in total. The van der Waals surface area contributed by atoms with Crippen LogP contribution in [0.1, 0.15) is 22.0 Å². The van der Waals surface area contributed by atoms with Crippen LogP contribution in [0.25, 0.3) is 0 Å². The van der Waals surface area contributed by atoms with Crippen molar-refractivity contribution in [1.29, 1.82) is 0 Å². The van der Waals surface area contributed by atoms with E-state index in [4.69, 9.17) is 0 Å². The minimum absolute atomic E-state index is 0.102. The van der Waals surface area contributed by atoms with Gasteiger partial charge in [0.1, 0.15) is 0 Å². The van der Waals surface area contributed by atoms with Crippen molar-refractivity contribution >= 4 is 29.0 Å². The lowest BCUT2D eigenvalue weighted by atomic mass is 10.2. The number of benzene rings is 1. The van der Waals surface area contributed by atoms with Gasteiger partial charge in [-0.05, 0) is 38.0 Å². The number of carbonyl (C=O) groups excluding carboxylic acids is 1. The highest BCUT2D eigenvalue weighted by Crippen LogP contribution is 2.22. The molecule has 1 amide bonds. The Morgan fingerprint density at radius 1 is 1.26 bits per heavy atom. The zero-order valence-corrected chi connectivity index (χ0v) is 15.5. The van der Waals surface area contributed by atoms with Crippen LogP contribution < -0.4 is 5.32 Å². The van der Waals surface area contributed by atoms with Gasteiger partial charge in [0.15, 0.2) is 0 Å². The zero-order valence-electron chi connectivity index (χ0n) is 13.9. The lowest BCUT2D eigenvalue weighted by Gasteiger charge is -2.23. The van der Waals surface area contributed by atoms with E-state index in [9.17, 15) is 4.79 Å². The molecule has 1 N–H and O–H groups in total. The molecule has 0 saturated heterocycles. The maximum atomic E-state index is 12.0. The fourth-order valence-corrected chi connectivity index (χ4v) is 3.97. The van der Waals surface area contributed by atoms with Crippen molar-refractivity contribution in [2.45, 2.75) is 18.7 Å². The Morgan fingerprint density at radius 3 is 2.61 bits per heavy atom. The first kappa shape index (κ1) is 18.0. The smallest absolute Gasteiger partial charge is 0.230 e. The largest absolute Gasteiger partial charge is 0.353 e. The molecular weight excluding hydrogens is 324 g/mol. The second-order valence-electron chi connectivity index (χ2n) is 5.78. The Balaban J connectivity index is 1.73. The lowest BCUT2D eigenvalue weighted by Crippen LogP contribution is -2.35. The van der Waals surface area contributed by atoms with E-state index in [-0.39, 0.29) is 11.9 Å². The van der Waals surface area contributed by atoms with E-state index in [2.05, 4.69) is 58.9 Å². The number of amides is 1. The Hall–Kier alpha value is -1.30. The molecule has 1 unspecified atom stereocenters. The SMILES string of the molecule is Cc1ccc(CSCC(=O)NCC(c2cccs2)N(C)C)cc1. The van der Waals surface area contributed by atoms with Crippen LogP contribution in [0.15, 0.2) is 41.8 Å². The third kappa shape index (κ3) is 6.01. The van der Waals surface area contributed by atoms with Gasteiger partial charge in [-0.3, -0.25) is 4.79 Å². The normalized spacial score (nSPS) is 12.3. The highest BCUT2D eigenvalue weighted by Gasteiger charge is 2.16. The number of likely N-dealkylation sites (N-methyl/N-ethyl adjacent to an activating group) is 1. The molecule has 0 fully saturated rings. The summed E-state index contributed by atoms with van der Waals surface area (Å²) in [5, 5.41) is 5.13. The molecule has 0 saturated carbocycles. The van der Waals surface area contributed by atoms with Gasteiger partial charge in [0, 0.05) is 17.2 Å². The van der Waals surface area contributed by atoms with Gasteiger partial charge in [-0.2, -0.15) is 0 Å². The van der Waals surface area contributed by atoms with E-state index in [1.165, 1.54) is 16.0 Å². The zero-order chi connectivity index (χ0) is 16.7. The predicted octanol–water partition coefficient (Wildman–Crippen LogP) is 3.71. The molecule has 2 aromatic rings. The van der Waals surface area contributed by atoms with Gasteiger partial charge in [0.05, 0.1) is 11.8 Å². The number of hydrogen-bond acceptors (Lipinski definition) is 4. The molecule has 1 atom stereocenters. The molecule has 0 aliphatic rings. The summed E-state index contributed by atoms with van der Waals surface area (Å²) in [5.41, 5.74) is 2.53. The van der Waals surface area contributed by atoms with Crippen molar-refractivity contribution < 1.29 is 4.79 Å². The summed E-state index contributed by atoms with van der Waals surface area (Å²) in [6.45, 7) is 2.73. The van der Waals surface area contributed by atoms with Crippen LogP contribution in [0.4, 0.5) is 0 Å². The molecule has 0 aliphatic carbocycles. The van der Waals surface area contributed by atoms with Crippen LogP contribution in [0.5, 0.6) is 0 Å². The van der Waals surface area contributed by atoms with Crippen molar-refractivity contribution in [1.82, 2.24) is 10.2 Å². The van der Waals surface area contributed by atoms with Crippen LogP contribution in [-0.2, 0) is 10.5 Å². The predicted molar refractivity (Wildman–Crippen MR) is 101 cm³/mol. The van der Waals surface area contributed by atoms with Crippen LogP contribution >= 0.6 is 23.1 Å². The Kier molecular flexibility index (Phi) is 7.15. The Bertz CT molecular complexity index is 594. The van der Waals surface area contributed by atoms with E-state index in [0.717, 1.165) is 5.75 Å². The van der Waals surface area contributed by atoms with Crippen LogP contribution in [0, 0.1) is 6.92 Å². The van der Waals surface area contributed by atoms with Gasteiger partial charge in [-0.25, -0.2) is 0 Å². The number of nitrogens with zero attached hydrogens (tertiary/aromatic N) is 1. The topological polar surface area (TPSA) is 32.3 Å². The monoisotopic (exact) mass is 348 g/mol. The second kappa shape index (κ2) is 9.11. The Labute approximate surface area is 147 Å². The molecule has 0 aliphatic heterocycles. The molecular formula is C18H24N2OS2. The van der Waals surface area contributed by atoms with Gasteiger partial charge < -0.3 is 10.2 Å². The van der Waals surface area contributed by atoms with E-state index >= 15 is 0 Å². The molecule has 1 aromatic heterocycles. The van der Waals surface area contributed by atoms with Gasteiger partial charge in [-0.1, -0.05) is 35.9 Å². The summed E-state index contributed by atoms with van der Waals surface area (Å²) in [6.07, 6.45) is 0. The Morgan fingerprint density at radius 2 is 2.00 bits per heavy atom. The number of thioether (sulfide) groups is 1. The lowest BCUT2D eigenvalue weighted by molar-refractivity contribution is -0.118. The quantitative estimate of drug-likeness (QED) is 0.789. The first-order valence-corrected chi connectivity index (χ1v) is 9.69. The van der Waals surface area contributed by atoms with Crippen LogP contribution in [-0.4, -0.2) is 37.2 Å². The maximum absolute atomic E-state index is 12.0. The molecule has 1 aromatic carbocycles. The molecule has 1 heterocycles. The average molecular weight is 349 g/mol.